The van der Waals surface area contributed by atoms with Crippen molar-refractivity contribution in [3.05, 3.63) is 0 Å². The molecule has 0 saturated carbocycles. The Balaban J connectivity index is 1.72. The first-order valence-electron chi connectivity index (χ1n) is 13.5. The monoisotopic (exact) mass is 606 g/mol. The molecule has 2 heterocycles. The van der Waals surface area contributed by atoms with Crippen molar-refractivity contribution in [3.8, 4) is 0 Å². The van der Waals surface area contributed by atoms with Crippen molar-refractivity contribution >= 4 is 7.60 Å². The molecule has 0 amide bonds. The van der Waals surface area contributed by atoms with Gasteiger partial charge in [-0.2, -0.15) is 0 Å². The van der Waals surface area contributed by atoms with Crippen molar-refractivity contribution in [2.24, 2.45) is 0 Å². The highest BCUT2D eigenvalue weighted by Gasteiger charge is 2.49. The number of aliphatic hydroxyl groups excluding tert-OH is 5. The Morgan fingerprint density at radius 1 is 0.825 bits per heavy atom. The van der Waals surface area contributed by atoms with Gasteiger partial charge in [-0.3, -0.25) is 4.57 Å². The molecule has 0 radical (unpaired) electrons. The van der Waals surface area contributed by atoms with E-state index >= 15 is 0 Å². The summed E-state index contributed by atoms with van der Waals surface area (Å²) in [6.45, 7) is 1.12. The topological polar surface area (TPSA) is 223 Å². The number of rotatable bonds is 19. The molecule has 0 aromatic rings. The molecule has 15 nitrogen and oxygen atoms in total. The average Bonchev–Trinajstić information content (AvgIpc) is 2.90. The Kier molecular flexibility index (Phi) is 15.9. The molecule has 10 atom stereocenters. The molecule has 10 unspecified atom stereocenters. The lowest BCUT2D eigenvalue weighted by atomic mass is 9.88. The first-order chi connectivity index (χ1) is 18.9. The fourth-order valence-electron chi connectivity index (χ4n) is 4.24. The molecular formula is C24H47O15P. The summed E-state index contributed by atoms with van der Waals surface area (Å²) in [7, 11) is -1.90. The van der Waals surface area contributed by atoms with E-state index in [-0.39, 0.29) is 39.6 Å². The summed E-state index contributed by atoms with van der Waals surface area (Å²) in [5.74, 6) is 0. The standard InChI is InChI=1S/C24H47O15P/c1-33-8-4-3-5-10-36-23-21(28)20(27)18(25)17(39-23)13-35-14-24(30)15-37-16(19(26)22(24)29)12-34-9-6-7-11-38-40(2,31)32/h16-23,25-30H,3-15H2,1-2H3,(H,31,32). The lowest BCUT2D eigenvalue weighted by Crippen LogP contribution is -2.64. The zero-order chi connectivity index (χ0) is 29.8. The van der Waals surface area contributed by atoms with E-state index < -0.39 is 68.8 Å². The fourth-order valence-corrected chi connectivity index (χ4v) is 4.71. The van der Waals surface area contributed by atoms with Gasteiger partial charge in [0.05, 0.1) is 33.0 Å². The van der Waals surface area contributed by atoms with Crippen molar-refractivity contribution in [2.45, 2.75) is 86.7 Å². The summed E-state index contributed by atoms with van der Waals surface area (Å²) in [6.07, 6.45) is -7.45. The van der Waals surface area contributed by atoms with Crippen molar-refractivity contribution in [1.29, 1.82) is 0 Å². The SMILES string of the molecule is COCCCCCOC1OC(COCC2(O)COC(COCCCCOP(C)(=O)O)C(O)C2O)C(O)C(O)C1O. The van der Waals surface area contributed by atoms with E-state index in [1.807, 2.05) is 0 Å². The van der Waals surface area contributed by atoms with E-state index in [1.54, 1.807) is 7.11 Å². The maximum absolute atomic E-state index is 11.1. The highest BCUT2D eigenvalue weighted by Crippen LogP contribution is 2.36. The summed E-state index contributed by atoms with van der Waals surface area (Å²) < 4.78 is 48.3. The maximum Gasteiger partial charge on any atom is 0.325 e. The third-order valence-electron chi connectivity index (χ3n) is 6.68. The lowest BCUT2D eigenvalue weighted by Gasteiger charge is -2.44. The molecule has 0 aromatic carbocycles. The van der Waals surface area contributed by atoms with Crippen LogP contribution in [0.3, 0.4) is 0 Å². The zero-order valence-electron chi connectivity index (χ0n) is 23.2. The predicted molar refractivity (Wildman–Crippen MR) is 138 cm³/mol. The minimum absolute atomic E-state index is 0.0572. The molecule has 0 aliphatic carbocycles. The van der Waals surface area contributed by atoms with Gasteiger partial charge in [0.15, 0.2) is 6.29 Å². The Hall–Kier alpha value is -0.330. The molecule has 2 saturated heterocycles. The zero-order valence-corrected chi connectivity index (χ0v) is 24.0. The van der Waals surface area contributed by atoms with Gasteiger partial charge >= 0.3 is 7.60 Å². The van der Waals surface area contributed by atoms with Crippen LogP contribution in [0.4, 0.5) is 0 Å². The minimum Gasteiger partial charge on any atom is -0.387 e. The molecule has 2 aliphatic heterocycles. The minimum atomic E-state index is -3.51. The van der Waals surface area contributed by atoms with Crippen LogP contribution in [0.2, 0.25) is 0 Å². The van der Waals surface area contributed by atoms with Gasteiger partial charge in [0.25, 0.3) is 0 Å². The number of unbranched alkanes of at least 4 members (excludes halogenated alkanes) is 3. The number of hydrogen-bond donors (Lipinski definition) is 7. The molecular weight excluding hydrogens is 559 g/mol. The van der Waals surface area contributed by atoms with Crippen molar-refractivity contribution < 1.29 is 73.0 Å². The van der Waals surface area contributed by atoms with Crippen molar-refractivity contribution in [3.63, 3.8) is 0 Å². The highest BCUT2D eigenvalue weighted by molar-refractivity contribution is 7.51. The Labute approximate surface area is 234 Å². The molecule has 238 valence electrons. The summed E-state index contributed by atoms with van der Waals surface area (Å²) in [5, 5.41) is 62.5. The first kappa shape index (κ1) is 35.9. The average molecular weight is 607 g/mol. The van der Waals surface area contributed by atoms with Crippen LogP contribution in [-0.4, -0.2) is 157 Å². The quantitative estimate of drug-likeness (QED) is 0.0632. The first-order valence-corrected chi connectivity index (χ1v) is 15.5. The van der Waals surface area contributed by atoms with Gasteiger partial charge in [-0.05, 0) is 32.1 Å². The van der Waals surface area contributed by atoms with Gasteiger partial charge in [-0.25, -0.2) is 0 Å². The van der Waals surface area contributed by atoms with Gasteiger partial charge in [-0.15, -0.1) is 0 Å². The van der Waals surface area contributed by atoms with Gasteiger partial charge in [0.2, 0.25) is 0 Å². The molecule has 2 rings (SSSR count). The second-order valence-corrected chi connectivity index (χ2v) is 12.1. The van der Waals surface area contributed by atoms with Gasteiger partial charge in [0.1, 0.15) is 48.3 Å². The van der Waals surface area contributed by atoms with E-state index in [0.717, 1.165) is 19.5 Å². The Bertz CT molecular complexity index is 741. The number of ether oxygens (including phenoxy) is 6. The van der Waals surface area contributed by atoms with Crippen LogP contribution in [0.15, 0.2) is 0 Å². The second-order valence-electron chi connectivity index (χ2n) is 10.3. The molecule has 0 spiro atoms. The summed E-state index contributed by atoms with van der Waals surface area (Å²) in [6, 6.07) is 0. The van der Waals surface area contributed by atoms with E-state index in [1.165, 1.54) is 0 Å². The maximum atomic E-state index is 11.1. The van der Waals surface area contributed by atoms with Gasteiger partial charge in [-0.1, -0.05) is 0 Å². The Morgan fingerprint density at radius 2 is 1.48 bits per heavy atom. The van der Waals surface area contributed by atoms with Crippen LogP contribution in [-0.2, 0) is 37.5 Å². The smallest absolute Gasteiger partial charge is 0.325 e. The number of methoxy groups -OCH3 is 1. The molecule has 7 N–H and O–H groups in total. The van der Waals surface area contributed by atoms with Crippen LogP contribution >= 0.6 is 7.60 Å². The van der Waals surface area contributed by atoms with Crippen molar-refractivity contribution in [2.75, 3.05) is 66.6 Å². The van der Waals surface area contributed by atoms with Crippen LogP contribution in [0.25, 0.3) is 0 Å². The van der Waals surface area contributed by atoms with Crippen LogP contribution in [0.1, 0.15) is 32.1 Å². The molecule has 16 heteroatoms. The van der Waals surface area contributed by atoms with E-state index in [9.17, 15) is 35.2 Å². The van der Waals surface area contributed by atoms with Crippen LogP contribution in [0, 0.1) is 0 Å². The number of aliphatic hydroxyl groups is 6. The molecule has 0 bridgehead atoms. The summed E-state index contributed by atoms with van der Waals surface area (Å²) in [5.41, 5.74) is -1.97. The largest absolute Gasteiger partial charge is 0.387 e. The predicted octanol–water partition coefficient (Wildman–Crippen LogP) is -1.88. The van der Waals surface area contributed by atoms with E-state index in [0.29, 0.717) is 25.9 Å². The molecule has 0 aromatic heterocycles. The third kappa shape index (κ3) is 11.7. The number of hydrogen-bond acceptors (Lipinski definition) is 14. The lowest BCUT2D eigenvalue weighted by molar-refractivity contribution is -0.307. The Morgan fingerprint density at radius 3 is 2.17 bits per heavy atom. The van der Waals surface area contributed by atoms with Gasteiger partial charge in [0, 0.05) is 33.6 Å². The normalized spacial score (nSPS) is 36.4. The molecule has 2 aliphatic rings. The fraction of sp³-hybridized carbons (Fsp3) is 1.00. The molecule has 40 heavy (non-hydrogen) atoms. The van der Waals surface area contributed by atoms with Crippen LogP contribution < -0.4 is 0 Å². The summed E-state index contributed by atoms with van der Waals surface area (Å²) in [4.78, 5) is 9.07. The van der Waals surface area contributed by atoms with Crippen LogP contribution in [0.5, 0.6) is 0 Å². The van der Waals surface area contributed by atoms with Crippen molar-refractivity contribution in [1.82, 2.24) is 0 Å². The summed E-state index contributed by atoms with van der Waals surface area (Å²) >= 11 is 0. The third-order valence-corrected chi connectivity index (χ3v) is 7.34. The van der Waals surface area contributed by atoms with E-state index in [2.05, 4.69) is 0 Å². The second kappa shape index (κ2) is 17.7. The molecule has 2 fully saturated rings. The van der Waals surface area contributed by atoms with E-state index in [4.69, 9.17) is 37.8 Å². The highest BCUT2D eigenvalue weighted by atomic mass is 31.2. The van der Waals surface area contributed by atoms with Gasteiger partial charge < -0.3 is 68.5 Å².